The summed E-state index contributed by atoms with van der Waals surface area (Å²) >= 11 is 0. The molecule has 2 heterocycles. The average molecular weight is 265 g/mol. The second-order valence-corrected chi connectivity index (χ2v) is 5.64. The van der Waals surface area contributed by atoms with Crippen LogP contribution in [0.25, 0.3) is 0 Å². The molecule has 1 atom stereocenters. The fourth-order valence-electron chi connectivity index (χ4n) is 2.58. The second-order valence-electron chi connectivity index (χ2n) is 5.64. The third kappa shape index (κ3) is 3.35. The smallest absolute Gasteiger partial charge is 0.230 e. The molecular formula is C14H23N3O2. The molecule has 0 spiro atoms. The molecule has 0 radical (unpaired) electrons. The molecule has 1 aromatic rings. The number of aryl methyl sites for hydroxylation is 1. The Morgan fingerprint density at radius 3 is 2.79 bits per heavy atom. The lowest BCUT2D eigenvalue weighted by Crippen LogP contribution is -2.55. The molecule has 1 amide bonds. The summed E-state index contributed by atoms with van der Waals surface area (Å²) in [7, 11) is 0. The van der Waals surface area contributed by atoms with Gasteiger partial charge in [-0.3, -0.25) is 9.69 Å². The third-order valence-corrected chi connectivity index (χ3v) is 3.71. The van der Waals surface area contributed by atoms with Crippen LogP contribution in [0.3, 0.4) is 0 Å². The number of nitrogens with zero attached hydrogens (tertiary/aromatic N) is 3. The number of aromatic nitrogens is 1. The van der Waals surface area contributed by atoms with E-state index in [1.54, 1.807) is 0 Å². The number of carbonyl (C=O) groups is 1. The number of hydrogen-bond donors (Lipinski definition) is 0. The number of piperazine rings is 1. The lowest BCUT2D eigenvalue weighted by molar-refractivity contribution is -0.135. The number of rotatable bonds is 3. The molecule has 19 heavy (non-hydrogen) atoms. The second kappa shape index (κ2) is 5.74. The van der Waals surface area contributed by atoms with E-state index in [1.807, 2.05) is 17.9 Å². The molecule has 1 unspecified atom stereocenters. The Kier molecular flexibility index (Phi) is 4.24. The lowest BCUT2D eigenvalue weighted by atomic mass is 10.1. The summed E-state index contributed by atoms with van der Waals surface area (Å²) in [6, 6.07) is 2.62. The molecule has 0 N–H and O–H groups in total. The molecule has 1 aliphatic heterocycles. The SMILES string of the molecule is Cc1cc(CC(=O)N2CCN(C(C)C)CC2C)on1. The van der Waals surface area contributed by atoms with E-state index in [-0.39, 0.29) is 11.9 Å². The fraction of sp³-hybridized carbons (Fsp3) is 0.714. The summed E-state index contributed by atoms with van der Waals surface area (Å²) in [5.74, 6) is 0.785. The lowest BCUT2D eigenvalue weighted by Gasteiger charge is -2.41. The highest BCUT2D eigenvalue weighted by Gasteiger charge is 2.28. The van der Waals surface area contributed by atoms with Crippen molar-refractivity contribution in [1.29, 1.82) is 0 Å². The Labute approximate surface area is 114 Å². The van der Waals surface area contributed by atoms with Crippen LogP contribution in [-0.2, 0) is 11.2 Å². The minimum Gasteiger partial charge on any atom is -0.361 e. The van der Waals surface area contributed by atoms with E-state index >= 15 is 0 Å². The molecule has 0 aliphatic carbocycles. The molecule has 0 bridgehead atoms. The van der Waals surface area contributed by atoms with Gasteiger partial charge in [0, 0.05) is 37.8 Å². The van der Waals surface area contributed by atoms with E-state index in [9.17, 15) is 4.79 Å². The van der Waals surface area contributed by atoms with Crippen LogP contribution < -0.4 is 0 Å². The standard InChI is InChI=1S/C14H23N3O2/c1-10(2)16-5-6-17(12(4)9-16)14(18)8-13-7-11(3)15-19-13/h7,10,12H,5-6,8-9H2,1-4H3. The van der Waals surface area contributed by atoms with Crippen molar-refractivity contribution in [2.45, 2.75) is 46.2 Å². The Balaban J connectivity index is 1.93. The number of hydrogen-bond acceptors (Lipinski definition) is 4. The Morgan fingerprint density at radius 1 is 1.53 bits per heavy atom. The van der Waals surface area contributed by atoms with Crippen molar-refractivity contribution < 1.29 is 9.32 Å². The van der Waals surface area contributed by atoms with Gasteiger partial charge in [0.15, 0.2) is 0 Å². The molecule has 0 aromatic carbocycles. The maximum atomic E-state index is 12.3. The summed E-state index contributed by atoms with van der Waals surface area (Å²) in [4.78, 5) is 16.6. The summed E-state index contributed by atoms with van der Waals surface area (Å²) in [5, 5.41) is 3.82. The number of carbonyl (C=O) groups excluding carboxylic acids is 1. The van der Waals surface area contributed by atoms with E-state index < -0.39 is 0 Å². The molecule has 2 rings (SSSR count). The summed E-state index contributed by atoms with van der Waals surface area (Å²) < 4.78 is 5.11. The van der Waals surface area contributed by atoms with Crippen molar-refractivity contribution in [3.8, 4) is 0 Å². The van der Waals surface area contributed by atoms with Gasteiger partial charge in [0.25, 0.3) is 0 Å². The minimum absolute atomic E-state index is 0.132. The van der Waals surface area contributed by atoms with Crippen molar-refractivity contribution in [1.82, 2.24) is 15.0 Å². The first-order valence-electron chi connectivity index (χ1n) is 6.93. The van der Waals surface area contributed by atoms with Crippen LogP contribution in [0.1, 0.15) is 32.2 Å². The van der Waals surface area contributed by atoms with Crippen molar-refractivity contribution in [3.63, 3.8) is 0 Å². The van der Waals surface area contributed by atoms with Crippen LogP contribution in [0.15, 0.2) is 10.6 Å². The Morgan fingerprint density at radius 2 is 2.26 bits per heavy atom. The van der Waals surface area contributed by atoms with Crippen molar-refractivity contribution in [2.75, 3.05) is 19.6 Å². The van der Waals surface area contributed by atoms with Crippen LogP contribution in [0, 0.1) is 6.92 Å². The van der Waals surface area contributed by atoms with Crippen molar-refractivity contribution in [3.05, 3.63) is 17.5 Å². The molecular weight excluding hydrogens is 242 g/mol. The van der Waals surface area contributed by atoms with Crippen molar-refractivity contribution >= 4 is 5.91 Å². The van der Waals surface area contributed by atoms with Crippen LogP contribution >= 0.6 is 0 Å². The predicted octanol–water partition coefficient (Wildman–Crippen LogP) is 1.47. The van der Waals surface area contributed by atoms with Crippen LogP contribution in [0.5, 0.6) is 0 Å². The van der Waals surface area contributed by atoms with Gasteiger partial charge in [0.2, 0.25) is 5.91 Å². The van der Waals surface area contributed by atoms with Gasteiger partial charge in [-0.2, -0.15) is 0 Å². The van der Waals surface area contributed by atoms with Gasteiger partial charge in [-0.25, -0.2) is 0 Å². The topological polar surface area (TPSA) is 49.6 Å². The van der Waals surface area contributed by atoms with E-state index in [1.165, 1.54) is 0 Å². The molecule has 1 aromatic heterocycles. The monoisotopic (exact) mass is 265 g/mol. The van der Waals surface area contributed by atoms with Gasteiger partial charge >= 0.3 is 0 Å². The zero-order valence-electron chi connectivity index (χ0n) is 12.2. The first kappa shape index (κ1) is 14.1. The molecule has 5 heteroatoms. The quantitative estimate of drug-likeness (QED) is 0.830. The molecule has 1 saturated heterocycles. The maximum absolute atomic E-state index is 12.3. The normalized spacial score (nSPS) is 21.1. The first-order valence-corrected chi connectivity index (χ1v) is 6.93. The summed E-state index contributed by atoms with van der Waals surface area (Å²) in [5.41, 5.74) is 0.820. The van der Waals surface area contributed by atoms with Crippen molar-refractivity contribution in [2.24, 2.45) is 0 Å². The first-order chi connectivity index (χ1) is 8.97. The van der Waals surface area contributed by atoms with Crippen LogP contribution in [-0.4, -0.2) is 52.6 Å². The summed E-state index contributed by atoms with van der Waals surface area (Å²) in [6.07, 6.45) is 0.312. The minimum atomic E-state index is 0.132. The Hall–Kier alpha value is -1.36. The Bertz CT molecular complexity index is 442. The largest absolute Gasteiger partial charge is 0.361 e. The highest BCUT2D eigenvalue weighted by molar-refractivity contribution is 5.78. The molecule has 1 aliphatic rings. The number of amides is 1. The maximum Gasteiger partial charge on any atom is 0.230 e. The third-order valence-electron chi connectivity index (χ3n) is 3.71. The molecule has 5 nitrogen and oxygen atoms in total. The van der Waals surface area contributed by atoms with E-state index in [0.717, 1.165) is 25.3 Å². The van der Waals surface area contributed by atoms with Crippen LogP contribution in [0.2, 0.25) is 0 Å². The van der Waals surface area contributed by atoms with Gasteiger partial charge < -0.3 is 9.42 Å². The van der Waals surface area contributed by atoms with E-state index in [0.29, 0.717) is 18.2 Å². The fourth-order valence-corrected chi connectivity index (χ4v) is 2.58. The van der Waals surface area contributed by atoms with Gasteiger partial charge in [-0.15, -0.1) is 0 Å². The zero-order valence-corrected chi connectivity index (χ0v) is 12.2. The van der Waals surface area contributed by atoms with E-state index in [2.05, 4.69) is 30.8 Å². The molecule has 0 saturated carbocycles. The highest BCUT2D eigenvalue weighted by atomic mass is 16.5. The predicted molar refractivity (Wildman–Crippen MR) is 72.8 cm³/mol. The van der Waals surface area contributed by atoms with Gasteiger partial charge in [-0.1, -0.05) is 5.16 Å². The zero-order chi connectivity index (χ0) is 14.0. The molecule has 106 valence electrons. The van der Waals surface area contributed by atoms with Gasteiger partial charge in [-0.05, 0) is 27.7 Å². The van der Waals surface area contributed by atoms with E-state index in [4.69, 9.17) is 4.52 Å². The summed E-state index contributed by atoms with van der Waals surface area (Å²) in [6.45, 7) is 11.1. The molecule has 1 fully saturated rings. The van der Waals surface area contributed by atoms with Gasteiger partial charge in [0.1, 0.15) is 5.76 Å². The van der Waals surface area contributed by atoms with Gasteiger partial charge in [0.05, 0.1) is 12.1 Å². The average Bonchev–Trinajstić information content (AvgIpc) is 2.74. The highest BCUT2D eigenvalue weighted by Crippen LogP contribution is 2.14. The van der Waals surface area contributed by atoms with Crippen LogP contribution in [0.4, 0.5) is 0 Å².